The molecule has 0 amide bonds. The van der Waals surface area contributed by atoms with Gasteiger partial charge in [-0.05, 0) is 32.1 Å². The van der Waals surface area contributed by atoms with Crippen LogP contribution in [-0.2, 0) is 4.79 Å². The second-order valence-corrected chi connectivity index (χ2v) is 6.75. The van der Waals surface area contributed by atoms with Gasteiger partial charge in [0.1, 0.15) is 12.6 Å². The second kappa shape index (κ2) is 13.6. The van der Waals surface area contributed by atoms with Gasteiger partial charge in [0.25, 0.3) is 0 Å². The summed E-state index contributed by atoms with van der Waals surface area (Å²) in [5.74, 6) is -0.985. The minimum Gasteiger partial charge on any atom is -0.550 e. The number of hydrogen-bond acceptors (Lipinski definition) is 3. The largest absolute Gasteiger partial charge is 0.550 e. The summed E-state index contributed by atoms with van der Waals surface area (Å²) in [6.45, 7) is 11.2. The number of unbranched alkanes of at least 4 members (excludes halogenated alkanes) is 4. The number of aliphatic carboxylic acids is 1. The average Bonchev–Trinajstić information content (AvgIpc) is 2.53. The summed E-state index contributed by atoms with van der Waals surface area (Å²) in [6, 6.07) is 0. The van der Waals surface area contributed by atoms with Gasteiger partial charge in [0.15, 0.2) is 0 Å². The van der Waals surface area contributed by atoms with E-state index in [-0.39, 0.29) is 12.5 Å². The van der Waals surface area contributed by atoms with E-state index in [2.05, 4.69) is 20.4 Å². The summed E-state index contributed by atoms with van der Waals surface area (Å²) in [5, 5.41) is 21.4. The van der Waals surface area contributed by atoms with E-state index >= 15 is 0 Å². The third-order valence-electron chi connectivity index (χ3n) is 4.56. The molecule has 136 valence electrons. The van der Waals surface area contributed by atoms with Crippen LogP contribution in [0.15, 0.2) is 12.7 Å². The number of carboxylic acid groups (broad SMARTS) is 1. The first-order valence-corrected chi connectivity index (χ1v) is 9.33. The van der Waals surface area contributed by atoms with Crippen molar-refractivity contribution in [3.63, 3.8) is 0 Å². The summed E-state index contributed by atoms with van der Waals surface area (Å²) in [5.41, 5.74) is 0. The van der Waals surface area contributed by atoms with E-state index in [0.717, 1.165) is 68.9 Å². The molecule has 0 aromatic rings. The topological polar surface area (TPSA) is 60.4 Å². The zero-order valence-electron chi connectivity index (χ0n) is 15.3. The van der Waals surface area contributed by atoms with E-state index in [1.165, 1.54) is 0 Å². The SMILES string of the molecule is C=CCCCCC(O)C[N+](CCCC)(CCCC)CCC(=O)[O-]. The Kier molecular flexibility index (Phi) is 13.0. The Labute approximate surface area is 142 Å². The average molecular weight is 328 g/mol. The molecule has 1 atom stereocenters. The third kappa shape index (κ3) is 11.3. The summed E-state index contributed by atoms with van der Waals surface area (Å²) < 4.78 is 0.721. The number of nitrogens with zero attached hydrogens (tertiary/aromatic N) is 1. The molecular formula is C19H37NO3. The highest BCUT2D eigenvalue weighted by Crippen LogP contribution is 2.17. The highest BCUT2D eigenvalue weighted by molar-refractivity contribution is 5.64. The first-order valence-electron chi connectivity index (χ1n) is 9.33. The first-order chi connectivity index (χ1) is 11.0. The zero-order valence-corrected chi connectivity index (χ0v) is 15.3. The number of aliphatic hydroxyl groups excluding tert-OH is 1. The van der Waals surface area contributed by atoms with Crippen molar-refractivity contribution in [1.29, 1.82) is 0 Å². The monoisotopic (exact) mass is 327 g/mol. The number of carbonyl (C=O) groups excluding carboxylic acids is 1. The fraction of sp³-hybridized carbons (Fsp3) is 0.842. The zero-order chi connectivity index (χ0) is 17.6. The fourth-order valence-corrected chi connectivity index (χ4v) is 3.13. The van der Waals surface area contributed by atoms with Crippen molar-refractivity contribution >= 4 is 5.97 Å². The van der Waals surface area contributed by atoms with Gasteiger partial charge in [-0.25, -0.2) is 0 Å². The number of carbonyl (C=O) groups is 1. The van der Waals surface area contributed by atoms with Gasteiger partial charge < -0.3 is 19.5 Å². The molecule has 1 N–H and O–H groups in total. The number of rotatable bonds is 16. The van der Waals surface area contributed by atoms with Crippen LogP contribution < -0.4 is 5.11 Å². The van der Waals surface area contributed by atoms with E-state index in [0.29, 0.717) is 13.1 Å². The maximum Gasteiger partial charge on any atom is 0.105 e. The summed E-state index contributed by atoms with van der Waals surface area (Å²) in [7, 11) is 0. The number of carboxylic acids is 1. The van der Waals surface area contributed by atoms with Crippen LogP contribution >= 0.6 is 0 Å². The molecule has 4 nitrogen and oxygen atoms in total. The minimum absolute atomic E-state index is 0.0800. The van der Waals surface area contributed by atoms with Gasteiger partial charge in [-0.15, -0.1) is 6.58 Å². The molecule has 0 spiro atoms. The number of quaternary nitrogens is 1. The van der Waals surface area contributed by atoms with E-state index < -0.39 is 5.97 Å². The van der Waals surface area contributed by atoms with Gasteiger partial charge in [-0.3, -0.25) is 0 Å². The van der Waals surface area contributed by atoms with Crippen LogP contribution in [0.4, 0.5) is 0 Å². The maximum atomic E-state index is 10.9. The van der Waals surface area contributed by atoms with Gasteiger partial charge >= 0.3 is 0 Å². The lowest BCUT2D eigenvalue weighted by molar-refractivity contribution is -0.931. The Morgan fingerprint density at radius 3 is 2.22 bits per heavy atom. The molecule has 1 unspecified atom stereocenters. The van der Waals surface area contributed by atoms with Crippen LogP contribution in [0.2, 0.25) is 0 Å². The lowest BCUT2D eigenvalue weighted by atomic mass is 10.1. The van der Waals surface area contributed by atoms with Crippen LogP contribution in [-0.4, -0.2) is 47.8 Å². The van der Waals surface area contributed by atoms with E-state index in [9.17, 15) is 15.0 Å². The molecule has 0 aromatic heterocycles. The summed E-state index contributed by atoms with van der Waals surface area (Å²) >= 11 is 0. The molecule has 0 rings (SSSR count). The van der Waals surface area contributed by atoms with Crippen LogP contribution in [0, 0.1) is 0 Å². The lowest BCUT2D eigenvalue weighted by Crippen LogP contribution is -2.55. The van der Waals surface area contributed by atoms with Crippen molar-refractivity contribution < 1.29 is 19.5 Å². The Morgan fingerprint density at radius 1 is 1.13 bits per heavy atom. The Hall–Kier alpha value is -0.870. The molecule has 0 aliphatic rings. The number of hydrogen-bond donors (Lipinski definition) is 1. The van der Waals surface area contributed by atoms with Crippen molar-refractivity contribution in [2.45, 2.75) is 77.7 Å². The Morgan fingerprint density at radius 2 is 1.74 bits per heavy atom. The predicted molar refractivity (Wildman–Crippen MR) is 93.8 cm³/mol. The lowest BCUT2D eigenvalue weighted by Gasteiger charge is -2.40. The van der Waals surface area contributed by atoms with Gasteiger partial charge in [0, 0.05) is 12.4 Å². The molecular weight excluding hydrogens is 290 g/mol. The summed E-state index contributed by atoms with van der Waals surface area (Å²) in [6.07, 6.45) is 9.79. The molecule has 0 heterocycles. The first kappa shape index (κ1) is 22.1. The quantitative estimate of drug-likeness (QED) is 0.269. The van der Waals surface area contributed by atoms with Crippen LogP contribution in [0.1, 0.15) is 71.6 Å². The molecule has 23 heavy (non-hydrogen) atoms. The third-order valence-corrected chi connectivity index (χ3v) is 4.56. The van der Waals surface area contributed by atoms with Crippen molar-refractivity contribution in [2.75, 3.05) is 26.2 Å². The predicted octanol–water partition coefficient (Wildman–Crippen LogP) is 2.65. The summed E-state index contributed by atoms with van der Waals surface area (Å²) in [4.78, 5) is 10.9. The van der Waals surface area contributed by atoms with Gasteiger partial charge in [0.05, 0.1) is 19.6 Å². The molecule has 0 fully saturated rings. The van der Waals surface area contributed by atoms with E-state index in [1.54, 1.807) is 0 Å². The molecule has 0 saturated carbocycles. The van der Waals surface area contributed by atoms with Crippen molar-refractivity contribution in [3.8, 4) is 0 Å². The van der Waals surface area contributed by atoms with Crippen molar-refractivity contribution in [3.05, 3.63) is 12.7 Å². The highest BCUT2D eigenvalue weighted by atomic mass is 16.4. The highest BCUT2D eigenvalue weighted by Gasteiger charge is 2.29. The molecule has 0 aliphatic carbocycles. The van der Waals surface area contributed by atoms with Crippen molar-refractivity contribution in [2.24, 2.45) is 0 Å². The Balaban J connectivity index is 4.72. The van der Waals surface area contributed by atoms with Gasteiger partial charge in [-0.1, -0.05) is 39.2 Å². The molecule has 4 heteroatoms. The maximum absolute atomic E-state index is 10.9. The molecule has 0 bridgehead atoms. The molecule has 0 aliphatic heterocycles. The smallest absolute Gasteiger partial charge is 0.105 e. The van der Waals surface area contributed by atoms with Crippen LogP contribution in [0.3, 0.4) is 0 Å². The van der Waals surface area contributed by atoms with Gasteiger partial charge in [0.2, 0.25) is 0 Å². The molecule has 0 radical (unpaired) electrons. The normalized spacial score (nSPS) is 13.0. The van der Waals surface area contributed by atoms with E-state index in [1.807, 2.05) is 6.08 Å². The van der Waals surface area contributed by atoms with Crippen LogP contribution in [0.25, 0.3) is 0 Å². The Bertz CT molecular complexity index is 310. The molecule has 0 saturated heterocycles. The number of allylic oxidation sites excluding steroid dienone is 1. The second-order valence-electron chi connectivity index (χ2n) is 6.75. The number of aliphatic hydroxyl groups is 1. The minimum atomic E-state index is -0.985. The van der Waals surface area contributed by atoms with Crippen LogP contribution in [0.5, 0.6) is 0 Å². The van der Waals surface area contributed by atoms with E-state index in [4.69, 9.17) is 0 Å². The molecule has 0 aromatic carbocycles. The van der Waals surface area contributed by atoms with Gasteiger partial charge in [-0.2, -0.15) is 0 Å². The standard InChI is InChI=1S/C19H37NO3/c1-4-7-10-11-12-18(21)17-20(14-8-5-2,15-9-6-3)16-13-19(22)23/h4,18,21H,1,5-17H2,2-3H3. The van der Waals surface area contributed by atoms with Crippen molar-refractivity contribution in [1.82, 2.24) is 0 Å². The fourth-order valence-electron chi connectivity index (χ4n) is 3.13.